The Morgan fingerprint density at radius 2 is 1.82 bits per heavy atom. The first-order valence-corrected chi connectivity index (χ1v) is 7.21. The van der Waals surface area contributed by atoms with E-state index in [1.54, 1.807) is 6.07 Å². The molecule has 22 heavy (non-hydrogen) atoms. The molecule has 0 aliphatic rings. The second-order valence-electron chi connectivity index (χ2n) is 4.53. The topological polar surface area (TPSA) is 107 Å². The number of hydrogen-bond donors (Lipinski definition) is 2. The fraction of sp³-hybridized carbons (Fsp3) is 0.333. The summed E-state index contributed by atoms with van der Waals surface area (Å²) in [5.41, 5.74) is -7.16. The van der Waals surface area contributed by atoms with Crippen LogP contribution in [0.5, 0.6) is 0 Å². The summed E-state index contributed by atoms with van der Waals surface area (Å²) in [6.07, 6.45) is 0. The van der Waals surface area contributed by atoms with Crippen LogP contribution in [0.15, 0.2) is 29.2 Å². The summed E-state index contributed by atoms with van der Waals surface area (Å²) in [7, 11) is -5.49. The number of carbonyl (C=O) groups excluding carboxylic acids is 1. The number of carbonyl (C=O) groups is 1. The number of halogens is 3. The molecule has 0 bridgehead atoms. The highest BCUT2D eigenvalue weighted by Gasteiger charge is 2.46. The van der Waals surface area contributed by atoms with Crippen LogP contribution in [0.2, 0.25) is 0 Å². The molecule has 0 radical (unpaired) electrons. The Morgan fingerprint density at radius 3 is 2.18 bits per heavy atom. The molecule has 0 heterocycles. The average molecular weight is 336 g/mol. The maximum atomic E-state index is 12.4. The molecule has 0 aromatic heterocycles. The van der Waals surface area contributed by atoms with Gasteiger partial charge in [0.1, 0.15) is 5.54 Å². The molecule has 0 saturated heterocycles. The highest BCUT2D eigenvalue weighted by molar-refractivity contribution is 7.92. The number of sulfone groups is 1. The van der Waals surface area contributed by atoms with Gasteiger partial charge in [0.25, 0.3) is 15.7 Å². The Kier molecular flexibility index (Phi) is 4.84. The van der Waals surface area contributed by atoms with Gasteiger partial charge in [-0.25, -0.2) is 8.42 Å². The van der Waals surface area contributed by atoms with Crippen molar-refractivity contribution in [2.45, 2.75) is 22.9 Å². The first-order chi connectivity index (χ1) is 9.97. The molecular weight excluding hydrogens is 325 g/mol. The number of aliphatic hydroxyl groups excluding tert-OH is 1. The van der Waals surface area contributed by atoms with Crippen LogP contribution in [0.1, 0.15) is 17.3 Å². The second-order valence-corrected chi connectivity index (χ2v) is 6.47. The third-order valence-electron chi connectivity index (χ3n) is 2.68. The number of hydrogen-bond acceptors (Lipinski definition) is 5. The Hall–Kier alpha value is -2.12. The third-order valence-corrected chi connectivity index (χ3v) is 4.19. The minimum absolute atomic E-state index is 0.156. The molecule has 1 amide bonds. The molecule has 0 aliphatic heterocycles. The molecule has 1 aromatic rings. The van der Waals surface area contributed by atoms with Gasteiger partial charge in [-0.15, -0.1) is 0 Å². The van der Waals surface area contributed by atoms with Gasteiger partial charge in [0.2, 0.25) is 0 Å². The molecule has 6 nitrogen and oxygen atoms in total. The zero-order valence-electron chi connectivity index (χ0n) is 11.2. The highest BCUT2D eigenvalue weighted by Crippen LogP contribution is 2.30. The van der Waals surface area contributed by atoms with Crippen molar-refractivity contribution in [3.05, 3.63) is 29.8 Å². The number of nitrogens with one attached hydrogen (secondary N) is 1. The minimum Gasteiger partial charge on any atom is -0.393 e. The summed E-state index contributed by atoms with van der Waals surface area (Å²) in [5, 5.41) is 19.9. The maximum Gasteiger partial charge on any atom is 0.501 e. The van der Waals surface area contributed by atoms with Crippen LogP contribution in [0.25, 0.3) is 0 Å². The van der Waals surface area contributed by atoms with Gasteiger partial charge in [-0.3, -0.25) is 4.79 Å². The van der Waals surface area contributed by atoms with Crippen LogP contribution >= 0.6 is 0 Å². The van der Waals surface area contributed by atoms with E-state index in [2.05, 4.69) is 5.32 Å². The molecule has 10 heteroatoms. The lowest BCUT2D eigenvalue weighted by atomic mass is 10.1. The van der Waals surface area contributed by atoms with E-state index < -0.39 is 38.3 Å². The number of alkyl halides is 3. The number of nitriles is 1. The summed E-state index contributed by atoms with van der Waals surface area (Å²) < 4.78 is 59.4. The summed E-state index contributed by atoms with van der Waals surface area (Å²) in [6, 6.07) is 4.69. The van der Waals surface area contributed by atoms with Gasteiger partial charge in [-0.05, 0) is 31.2 Å². The fourth-order valence-electron chi connectivity index (χ4n) is 1.34. The van der Waals surface area contributed by atoms with Gasteiger partial charge >= 0.3 is 5.51 Å². The number of aliphatic hydroxyl groups is 1. The van der Waals surface area contributed by atoms with E-state index in [0.717, 1.165) is 12.1 Å². The van der Waals surface area contributed by atoms with Crippen molar-refractivity contribution in [1.82, 2.24) is 5.32 Å². The SMILES string of the molecule is CC(C#N)(CO)NC(=O)c1ccc(S(=O)(=O)C(F)(F)F)cc1. The molecule has 1 aromatic carbocycles. The van der Waals surface area contributed by atoms with Crippen molar-refractivity contribution in [3.63, 3.8) is 0 Å². The van der Waals surface area contributed by atoms with Gasteiger partial charge in [-0.1, -0.05) is 0 Å². The van der Waals surface area contributed by atoms with E-state index in [1.165, 1.54) is 6.92 Å². The second kappa shape index (κ2) is 5.94. The van der Waals surface area contributed by atoms with Crippen molar-refractivity contribution in [3.8, 4) is 6.07 Å². The highest BCUT2D eigenvalue weighted by atomic mass is 32.2. The zero-order valence-corrected chi connectivity index (χ0v) is 12.0. The van der Waals surface area contributed by atoms with Gasteiger partial charge in [0, 0.05) is 5.56 Å². The van der Waals surface area contributed by atoms with E-state index in [1.807, 2.05) is 0 Å². The molecule has 0 fully saturated rings. The van der Waals surface area contributed by atoms with Gasteiger partial charge in [0.15, 0.2) is 0 Å². The number of amides is 1. The van der Waals surface area contributed by atoms with Crippen LogP contribution < -0.4 is 5.32 Å². The Morgan fingerprint density at radius 1 is 1.32 bits per heavy atom. The zero-order chi connectivity index (χ0) is 17.2. The van der Waals surface area contributed by atoms with Gasteiger partial charge < -0.3 is 10.4 Å². The van der Waals surface area contributed by atoms with Crippen molar-refractivity contribution in [1.29, 1.82) is 5.26 Å². The first kappa shape index (κ1) is 17.9. The third kappa shape index (κ3) is 3.55. The molecular formula is C12H11F3N2O4S. The van der Waals surface area contributed by atoms with Crippen molar-refractivity contribution >= 4 is 15.7 Å². The molecule has 1 unspecified atom stereocenters. The fourth-order valence-corrected chi connectivity index (χ4v) is 2.11. The standard InChI is InChI=1S/C12H11F3N2O4S/c1-11(6-16,7-18)17-10(19)8-2-4-9(5-3-8)22(20,21)12(13,14)15/h2-5,18H,7H2,1H3,(H,17,19). The summed E-state index contributed by atoms with van der Waals surface area (Å²) >= 11 is 0. The quantitative estimate of drug-likeness (QED) is 0.852. The molecule has 1 atom stereocenters. The normalized spacial score (nSPS) is 14.7. The number of nitrogens with zero attached hydrogens (tertiary/aromatic N) is 1. The molecule has 0 saturated carbocycles. The van der Waals surface area contributed by atoms with Crippen LogP contribution in [-0.4, -0.2) is 37.1 Å². The largest absolute Gasteiger partial charge is 0.501 e. The van der Waals surface area contributed by atoms with Crippen LogP contribution in [0.3, 0.4) is 0 Å². The summed E-state index contributed by atoms with van der Waals surface area (Å²) in [4.78, 5) is 10.8. The van der Waals surface area contributed by atoms with E-state index in [4.69, 9.17) is 10.4 Å². The lowest BCUT2D eigenvalue weighted by molar-refractivity contribution is -0.0436. The van der Waals surface area contributed by atoms with Gasteiger partial charge in [0.05, 0.1) is 17.6 Å². The average Bonchev–Trinajstić information content (AvgIpc) is 2.46. The number of rotatable bonds is 4. The van der Waals surface area contributed by atoms with Crippen molar-refractivity contribution in [2.75, 3.05) is 6.61 Å². The minimum atomic E-state index is -5.49. The molecule has 120 valence electrons. The summed E-state index contributed by atoms with van der Waals surface area (Å²) in [6.45, 7) is 0.573. The maximum absolute atomic E-state index is 12.4. The smallest absolute Gasteiger partial charge is 0.393 e. The van der Waals surface area contributed by atoms with Crippen LogP contribution in [-0.2, 0) is 9.84 Å². The van der Waals surface area contributed by atoms with Crippen LogP contribution in [0, 0.1) is 11.3 Å². The van der Waals surface area contributed by atoms with Gasteiger partial charge in [-0.2, -0.15) is 18.4 Å². The lowest BCUT2D eigenvalue weighted by Gasteiger charge is -2.20. The Labute approximate surface area is 124 Å². The van der Waals surface area contributed by atoms with Crippen LogP contribution in [0.4, 0.5) is 13.2 Å². The monoisotopic (exact) mass is 336 g/mol. The first-order valence-electron chi connectivity index (χ1n) is 5.73. The lowest BCUT2D eigenvalue weighted by Crippen LogP contribution is -2.47. The molecule has 1 rings (SSSR count). The van der Waals surface area contributed by atoms with E-state index in [-0.39, 0.29) is 5.56 Å². The summed E-state index contributed by atoms with van der Waals surface area (Å²) in [5.74, 6) is -0.839. The number of benzene rings is 1. The van der Waals surface area contributed by atoms with E-state index in [0.29, 0.717) is 12.1 Å². The van der Waals surface area contributed by atoms with Crippen molar-refractivity contribution in [2.24, 2.45) is 0 Å². The van der Waals surface area contributed by atoms with E-state index >= 15 is 0 Å². The Bertz CT molecular complexity index is 707. The molecule has 0 spiro atoms. The molecule has 0 aliphatic carbocycles. The predicted molar refractivity (Wildman–Crippen MR) is 68.3 cm³/mol. The Balaban J connectivity index is 3.05. The predicted octanol–water partition coefficient (Wildman–Crippen LogP) is 0.984. The van der Waals surface area contributed by atoms with Crippen molar-refractivity contribution < 1.29 is 31.5 Å². The van der Waals surface area contributed by atoms with E-state index in [9.17, 15) is 26.4 Å². The molecule has 2 N–H and O–H groups in total.